The first-order valence-electron chi connectivity index (χ1n) is 1.87. The van der Waals surface area contributed by atoms with Crippen molar-refractivity contribution in [2.24, 2.45) is 0 Å². The molecule has 0 fully saturated rings. The van der Waals surface area contributed by atoms with Crippen LogP contribution in [0.1, 0.15) is 6.42 Å². The van der Waals surface area contributed by atoms with E-state index in [9.17, 15) is 0 Å². The van der Waals surface area contributed by atoms with Crippen molar-refractivity contribution in [1.82, 2.24) is 5.32 Å². The van der Waals surface area contributed by atoms with E-state index in [1.54, 1.807) is 6.20 Å². The zero-order chi connectivity index (χ0) is 4.24. The minimum atomic E-state index is 0.802. The molecule has 1 heteroatoms. The van der Waals surface area contributed by atoms with Crippen molar-refractivity contribution in [2.75, 3.05) is 0 Å². The zero-order valence-corrected chi connectivity index (χ0v) is 3.36. The van der Waals surface area contributed by atoms with E-state index < -0.39 is 0 Å². The molecule has 4 radical (unpaired) electrons. The summed E-state index contributed by atoms with van der Waals surface area (Å²) < 4.78 is 0. The van der Waals surface area contributed by atoms with Crippen molar-refractivity contribution in [1.29, 1.82) is 0 Å². The highest BCUT2D eigenvalue weighted by Gasteiger charge is 1.87. The van der Waals surface area contributed by atoms with Crippen LogP contribution in [0.15, 0.2) is 12.3 Å². The quantitative estimate of drug-likeness (QED) is 0.448. The van der Waals surface area contributed by atoms with Crippen LogP contribution in [0.2, 0.25) is 0 Å². The molecule has 0 saturated carbocycles. The Morgan fingerprint density at radius 2 is 2.67 bits per heavy atom. The Morgan fingerprint density at radius 3 is 2.83 bits per heavy atom. The third kappa shape index (κ3) is 0.744. The van der Waals surface area contributed by atoms with Crippen LogP contribution in [0, 0.1) is 13.0 Å². The van der Waals surface area contributed by atoms with Crippen LogP contribution < -0.4 is 5.32 Å². The Kier molecular flexibility index (Phi) is 1.15. The van der Waals surface area contributed by atoms with Gasteiger partial charge in [0.05, 0.1) is 6.54 Å². The topological polar surface area (TPSA) is 12.0 Å². The van der Waals surface area contributed by atoms with E-state index in [0.717, 1.165) is 6.42 Å². The van der Waals surface area contributed by atoms with Crippen molar-refractivity contribution >= 4 is 0 Å². The molecule has 0 aromatic carbocycles. The molecule has 1 aliphatic heterocycles. The second-order valence-electron chi connectivity index (χ2n) is 1.04. The Morgan fingerprint density at radius 1 is 1.67 bits per heavy atom. The van der Waals surface area contributed by atoms with Crippen molar-refractivity contribution in [3.63, 3.8) is 0 Å². The average molecular weight is 79.1 g/mol. The van der Waals surface area contributed by atoms with Crippen LogP contribution in [-0.2, 0) is 0 Å². The van der Waals surface area contributed by atoms with E-state index in [2.05, 4.69) is 18.3 Å². The zero-order valence-electron chi connectivity index (χ0n) is 3.36. The van der Waals surface area contributed by atoms with Gasteiger partial charge in [-0.1, -0.05) is 6.08 Å². The summed E-state index contributed by atoms with van der Waals surface area (Å²) in [6.45, 7) is 2.84. The predicted molar refractivity (Wildman–Crippen MR) is 23.4 cm³/mol. The van der Waals surface area contributed by atoms with Crippen molar-refractivity contribution in [3.8, 4) is 0 Å². The second-order valence-corrected chi connectivity index (χ2v) is 1.04. The highest BCUT2D eigenvalue weighted by atomic mass is 14.8. The van der Waals surface area contributed by atoms with Gasteiger partial charge in [-0.25, -0.2) is 0 Å². The van der Waals surface area contributed by atoms with Gasteiger partial charge in [0, 0.05) is 6.42 Å². The van der Waals surface area contributed by atoms with Crippen molar-refractivity contribution in [3.05, 3.63) is 25.2 Å². The van der Waals surface area contributed by atoms with Gasteiger partial charge in [0.2, 0.25) is 0 Å². The van der Waals surface area contributed by atoms with E-state index in [4.69, 9.17) is 0 Å². The van der Waals surface area contributed by atoms with Crippen LogP contribution in [0.25, 0.3) is 0 Å². The van der Waals surface area contributed by atoms with Crippen LogP contribution in [0.3, 0.4) is 0 Å². The molecule has 1 aliphatic rings. The third-order valence-corrected chi connectivity index (χ3v) is 0.577. The van der Waals surface area contributed by atoms with E-state index >= 15 is 0 Å². The molecule has 0 aromatic rings. The fraction of sp³-hybridized carbons (Fsp3) is 0.200. The fourth-order valence-electron chi connectivity index (χ4n) is 0.321. The first-order chi connectivity index (χ1) is 3.00. The molecule has 1 heterocycles. The highest BCUT2D eigenvalue weighted by molar-refractivity contribution is 5.01. The average Bonchev–Trinajstić information content (AvgIpc) is 1.72. The molecule has 0 atom stereocenters. The minimum absolute atomic E-state index is 0.802. The molecule has 0 saturated heterocycles. The lowest BCUT2D eigenvalue weighted by atomic mass is 10.2. The number of nitrogens with one attached hydrogen (secondary N) is 1. The summed E-state index contributed by atoms with van der Waals surface area (Å²) in [6, 6.07) is 0. The van der Waals surface area contributed by atoms with Gasteiger partial charge in [-0.15, -0.1) is 0 Å². The van der Waals surface area contributed by atoms with Gasteiger partial charge in [0.25, 0.3) is 0 Å². The molecule has 0 bridgehead atoms. The highest BCUT2D eigenvalue weighted by Crippen LogP contribution is 1.94. The van der Waals surface area contributed by atoms with Gasteiger partial charge in [-0.2, -0.15) is 0 Å². The summed E-state index contributed by atoms with van der Waals surface area (Å²) in [5, 5.41) is 2.79. The van der Waals surface area contributed by atoms with Crippen LogP contribution in [-0.4, -0.2) is 0 Å². The summed E-state index contributed by atoms with van der Waals surface area (Å²) in [7, 11) is 0. The molecule has 1 N–H and O–H groups in total. The predicted octanol–water partition coefficient (Wildman–Crippen LogP) is 0.613. The standard InChI is InChI=1S/C5H5N/c1-2-4-6-5-3-1/h2,4,6H,3H2. The number of rotatable bonds is 0. The Balaban J connectivity index is 2.26. The summed E-state index contributed by atoms with van der Waals surface area (Å²) in [5.74, 6) is 0. The van der Waals surface area contributed by atoms with Gasteiger partial charge in [0.15, 0.2) is 0 Å². The number of allylic oxidation sites excluding steroid dienone is 1. The molecule has 1 nitrogen and oxygen atoms in total. The summed E-state index contributed by atoms with van der Waals surface area (Å²) in [4.78, 5) is 0. The molecule has 0 aromatic heterocycles. The van der Waals surface area contributed by atoms with E-state index in [0.29, 0.717) is 0 Å². The van der Waals surface area contributed by atoms with Gasteiger partial charge in [-0.3, -0.25) is 0 Å². The first kappa shape index (κ1) is 3.72. The second kappa shape index (κ2) is 1.85. The molecule has 0 unspecified atom stereocenters. The summed E-state index contributed by atoms with van der Waals surface area (Å²) in [5.41, 5.74) is 0. The number of hydrogen-bond donors (Lipinski definition) is 1. The Labute approximate surface area is 38.1 Å². The molecule has 0 spiro atoms. The molecule has 1 rings (SSSR count). The maximum atomic E-state index is 2.93. The summed E-state index contributed by atoms with van der Waals surface area (Å²) in [6.07, 6.45) is 7.37. The molecule has 30 valence electrons. The van der Waals surface area contributed by atoms with Gasteiger partial charge < -0.3 is 5.32 Å². The van der Waals surface area contributed by atoms with E-state index in [1.165, 1.54) is 0 Å². The van der Waals surface area contributed by atoms with E-state index in [-0.39, 0.29) is 0 Å². The minimum Gasteiger partial charge on any atom is -0.381 e. The van der Waals surface area contributed by atoms with Crippen molar-refractivity contribution < 1.29 is 0 Å². The van der Waals surface area contributed by atoms with Crippen LogP contribution in [0.5, 0.6) is 0 Å². The lowest BCUT2D eigenvalue weighted by Crippen LogP contribution is -2.03. The maximum absolute atomic E-state index is 2.93. The first-order valence-corrected chi connectivity index (χ1v) is 1.87. The normalized spacial score (nSPS) is 20.0. The third-order valence-electron chi connectivity index (χ3n) is 0.577. The van der Waals surface area contributed by atoms with E-state index in [1.807, 2.05) is 6.08 Å². The monoisotopic (exact) mass is 79.0 g/mol. The largest absolute Gasteiger partial charge is 0.381 e. The molecular weight excluding hydrogens is 74.1 g/mol. The maximum Gasteiger partial charge on any atom is 0.0885 e. The van der Waals surface area contributed by atoms with Gasteiger partial charge >= 0.3 is 0 Å². The molecule has 0 amide bonds. The van der Waals surface area contributed by atoms with Gasteiger partial charge in [-0.05, 0) is 12.6 Å². The smallest absolute Gasteiger partial charge is 0.0885 e. The summed E-state index contributed by atoms with van der Waals surface area (Å²) >= 11 is 0. The lowest BCUT2D eigenvalue weighted by molar-refractivity contribution is 0.927. The number of hydrogen-bond acceptors (Lipinski definition) is 1. The molecular formula is C5H5N. The Hall–Kier alpha value is -0.460. The van der Waals surface area contributed by atoms with Crippen molar-refractivity contribution in [2.45, 2.75) is 6.42 Å². The molecule has 6 heavy (non-hydrogen) atoms. The fourth-order valence-corrected chi connectivity index (χ4v) is 0.321. The van der Waals surface area contributed by atoms with Crippen LogP contribution >= 0.6 is 0 Å². The van der Waals surface area contributed by atoms with Crippen LogP contribution in [0.4, 0.5) is 0 Å². The van der Waals surface area contributed by atoms with Gasteiger partial charge in [0.1, 0.15) is 0 Å². The lowest BCUT2D eigenvalue weighted by Gasteiger charge is -1.99. The molecule has 0 aliphatic carbocycles. The SMILES string of the molecule is [C]1C=CN[C]C1. The Bertz CT molecular complexity index is 49.0.